The normalized spacial score (nSPS) is 12.2. The van der Waals surface area contributed by atoms with E-state index in [0.717, 1.165) is 70.6 Å². The molecule has 0 bridgehead atoms. The molecule has 0 rings (SSSR count). The highest BCUT2D eigenvalue weighted by Gasteiger charge is 2.19. The number of hydrogen-bond acceptors (Lipinski definition) is 6. The van der Waals surface area contributed by atoms with Gasteiger partial charge in [0.15, 0.2) is 6.10 Å². The van der Waals surface area contributed by atoms with Gasteiger partial charge < -0.3 is 14.2 Å². The van der Waals surface area contributed by atoms with Crippen molar-refractivity contribution in [2.24, 2.45) is 0 Å². The molecule has 0 saturated carbocycles. The van der Waals surface area contributed by atoms with Crippen molar-refractivity contribution >= 4 is 17.9 Å². The second-order valence-corrected chi connectivity index (χ2v) is 18.5. The Balaban J connectivity index is 4.31. The van der Waals surface area contributed by atoms with E-state index in [1.54, 1.807) is 0 Å². The van der Waals surface area contributed by atoms with Gasteiger partial charge in [-0.1, -0.05) is 237 Å². The van der Waals surface area contributed by atoms with Crippen LogP contribution < -0.4 is 0 Å². The van der Waals surface area contributed by atoms with Crippen molar-refractivity contribution < 1.29 is 28.6 Å². The predicted octanol–water partition coefficient (Wildman–Crippen LogP) is 18.1. The highest BCUT2D eigenvalue weighted by molar-refractivity contribution is 5.71. The van der Waals surface area contributed by atoms with Gasteiger partial charge in [-0.05, 0) is 70.6 Å². The van der Waals surface area contributed by atoms with Crippen LogP contribution in [0.1, 0.15) is 290 Å². The molecule has 63 heavy (non-hydrogen) atoms. The van der Waals surface area contributed by atoms with Crippen LogP contribution in [0.5, 0.6) is 0 Å². The SMILES string of the molecule is CCCC/C=C\CCCCCCCC(=O)OC[C@H](COC(=O)CCCCCCCCCCC/C=C\C/C=C\CCCCC)OC(=O)CCCCCCCCCCCCCCCCC. The largest absolute Gasteiger partial charge is 0.462 e. The van der Waals surface area contributed by atoms with Crippen molar-refractivity contribution in [1.29, 1.82) is 0 Å². The Morgan fingerprint density at radius 2 is 0.587 bits per heavy atom. The van der Waals surface area contributed by atoms with Crippen molar-refractivity contribution in [3.8, 4) is 0 Å². The lowest BCUT2D eigenvalue weighted by Gasteiger charge is -2.18. The van der Waals surface area contributed by atoms with E-state index in [4.69, 9.17) is 14.2 Å². The molecule has 0 radical (unpaired) electrons. The highest BCUT2D eigenvalue weighted by atomic mass is 16.6. The first-order valence-corrected chi connectivity index (χ1v) is 27.5. The maximum atomic E-state index is 12.8. The maximum absolute atomic E-state index is 12.8. The number of rotatable bonds is 50. The summed E-state index contributed by atoms with van der Waals surface area (Å²) in [6.07, 6.45) is 61.3. The minimum absolute atomic E-state index is 0.0738. The molecule has 0 spiro atoms. The van der Waals surface area contributed by atoms with E-state index in [1.807, 2.05) is 0 Å². The van der Waals surface area contributed by atoms with Gasteiger partial charge in [0, 0.05) is 19.3 Å². The summed E-state index contributed by atoms with van der Waals surface area (Å²) in [4.78, 5) is 38.0. The van der Waals surface area contributed by atoms with Crippen LogP contribution in [0.4, 0.5) is 0 Å². The fourth-order valence-corrected chi connectivity index (χ4v) is 7.93. The molecule has 6 nitrogen and oxygen atoms in total. The number of carbonyl (C=O) groups is 3. The fourth-order valence-electron chi connectivity index (χ4n) is 7.93. The van der Waals surface area contributed by atoms with Crippen molar-refractivity contribution in [3.05, 3.63) is 36.5 Å². The molecule has 1 atom stereocenters. The molecule has 0 aliphatic carbocycles. The summed E-state index contributed by atoms with van der Waals surface area (Å²) >= 11 is 0. The summed E-state index contributed by atoms with van der Waals surface area (Å²) in [5, 5.41) is 0. The minimum Gasteiger partial charge on any atom is -0.462 e. The van der Waals surface area contributed by atoms with E-state index in [2.05, 4.69) is 57.2 Å². The average molecular weight is 885 g/mol. The van der Waals surface area contributed by atoms with Crippen LogP contribution in [0.2, 0.25) is 0 Å². The lowest BCUT2D eigenvalue weighted by atomic mass is 10.0. The van der Waals surface area contributed by atoms with Crippen LogP contribution in [0, 0.1) is 0 Å². The van der Waals surface area contributed by atoms with Gasteiger partial charge in [0.25, 0.3) is 0 Å². The molecule has 0 aliphatic rings. The molecule has 0 aromatic rings. The monoisotopic (exact) mass is 885 g/mol. The molecule has 0 fully saturated rings. The summed E-state index contributed by atoms with van der Waals surface area (Å²) in [6.45, 7) is 6.60. The van der Waals surface area contributed by atoms with Crippen molar-refractivity contribution in [2.75, 3.05) is 13.2 Å². The van der Waals surface area contributed by atoms with Crippen LogP contribution in [-0.2, 0) is 28.6 Å². The van der Waals surface area contributed by atoms with Gasteiger partial charge in [-0.25, -0.2) is 0 Å². The number of carbonyl (C=O) groups excluding carboxylic acids is 3. The van der Waals surface area contributed by atoms with Gasteiger partial charge in [-0.3, -0.25) is 14.4 Å². The Kier molecular flexibility index (Phi) is 50.3. The third-order valence-electron chi connectivity index (χ3n) is 12.1. The average Bonchev–Trinajstić information content (AvgIpc) is 3.28. The highest BCUT2D eigenvalue weighted by Crippen LogP contribution is 2.16. The zero-order chi connectivity index (χ0) is 45.8. The van der Waals surface area contributed by atoms with Gasteiger partial charge in [0.05, 0.1) is 0 Å². The van der Waals surface area contributed by atoms with Gasteiger partial charge in [-0.15, -0.1) is 0 Å². The molecular formula is C57H104O6. The molecular weight excluding hydrogens is 781 g/mol. The predicted molar refractivity (Wildman–Crippen MR) is 270 cm³/mol. The third kappa shape index (κ3) is 50.5. The lowest BCUT2D eigenvalue weighted by molar-refractivity contribution is -0.167. The molecule has 0 aromatic carbocycles. The Morgan fingerprint density at radius 3 is 0.968 bits per heavy atom. The molecule has 0 heterocycles. The lowest BCUT2D eigenvalue weighted by Crippen LogP contribution is -2.30. The van der Waals surface area contributed by atoms with E-state index < -0.39 is 6.10 Å². The second-order valence-electron chi connectivity index (χ2n) is 18.5. The van der Waals surface area contributed by atoms with Gasteiger partial charge >= 0.3 is 17.9 Å². The number of allylic oxidation sites excluding steroid dienone is 6. The molecule has 0 aliphatic heterocycles. The Labute approximate surface area is 391 Å². The molecule has 368 valence electrons. The van der Waals surface area contributed by atoms with Crippen LogP contribution in [-0.4, -0.2) is 37.2 Å². The molecule has 0 unspecified atom stereocenters. The van der Waals surface area contributed by atoms with Gasteiger partial charge in [-0.2, -0.15) is 0 Å². The molecule has 0 N–H and O–H groups in total. The number of hydrogen-bond donors (Lipinski definition) is 0. The summed E-state index contributed by atoms with van der Waals surface area (Å²) in [7, 11) is 0. The topological polar surface area (TPSA) is 78.9 Å². The number of ether oxygens (including phenoxy) is 3. The number of esters is 3. The van der Waals surface area contributed by atoms with Gasteiger partial charge in [0.1, 0.15) is 13.2 Å². The van der Waals surface area contributed by atoms with E-state index >= 15 is 0 Å². The third-order valence-corrected chi connectivity index (χ3v) is 12.1. The summed E-state index contributed by atoms with van der Waals surface area (Å²) < 4.78 is 16.8. The summed E-state index contributed by atoms with van der Waals surface area (Å²) in [6, 6.07) is 0. The first kappa shape index (κ1) is 60.6. The van der Waals surface area contributed by atoms with Crippen LogP contribution in [0.3, 0.4) is 0 Å². The maximum Gasteiger partial charge on any atom is 0.306 e. The summed E-state index contributed by atoms with van der Waals surface area (Å²) in [5.74, 6) is -0.874. The Morgan fingerprint density at radius 1 is 0.317 bits per heavy atom. The molecule has 0 amide bonds. The van der Waals surface area contributed by atoms with E-state index in [-0.39, 0.29) is 31.1 Å². The first-order valence-electron chi connectivity index (χ1n) is 27.5. The Bertz CT molecular complexity index is 1060. The smallest absolute Gasteiger partial charge is 0.306 e. The van der Waals surface area contributed by atoms with E-state index in [1.165, 1.54) is 180 Å². The number of unbranched alkanes of at least 4 members (excludes halogenated alkanes) is 33. The summed E-state index contributed by atoms with van der Waals surface area (Å²) in [5.41, 5.74) is 0. The molecule has 6 heteroatoms. The van der Waals surface area contributed by atoms with Crippen LogP contribution in [0.15, 0.2) is 36.5 Å². The van der Waals surface area contributed by atoms with Gasteiger partial charge in [0.2, 0.25) is 0 Å². The van der Waals surface area contributed by atoms with Crippen molar-refractivity contribution in [2.45, 2.75) is 297 Å². The van der Waals surface area contributed by atoms with E-state index in [9.17, 15) is 14.4 Å². The fraction of sp³-hybridized carbons (Fsp3) is 0.842. The first-order chi connectivity index (χ1) is 31.0. The minimum atomic E-state index is -0.773. The zero-order valence-electron chi connectivity index (χ0n) is 42.1. The van der Waals surface area contributed by atoms with Crippen LogP contribution in [0.25, 0.3) is 0 Å². The molecule has 0 aromatic heterocycles. The second kappa shape index (κ2) is 52.3. The van der Waals surface area contributed by atoms with E-state index in [0.29, 0.717) is 19.3 Å². The molecule has 0 saturated heterocycles. The van der Waals surface area contributed by atoms with Crippen molar-refractivity contribution in [1.82, 2.24) is 0 Å². The van der Waals surface area contributed by atoms with Crippen molar-refractivity contribution in [3.63, 3.8) is 0 Å². The zero-order valence-corrected chi connectivity index (χ0v) is 42.1. The quantitative estimate of drug-likeness (QED) is 0.0262. The standard InChI is InChI=1S/C57H104O6/c1-4-7-10-13-16-19-22-24-26-27-28-29-31-32-35-38-41-44-47-50-56(59)62-53-54(52-61-55(58)49-46-43-40-37-34-21-18-15-12-9-6-3)63-57(60)51-48-45-42-39-36-33-30-25-23-20-17-14-11-8-5-2/h15-16,18-19,24,26,54H,4-14,17,20-23,25,27-53H2,1-3H3/b18-15-,19-16-,26-24-/t54-/m1/s1. The Hall–Kier alpha value is -2.37. The van der Waals surface area contributed by atoms with Crippen LogP contribution >= 0.6 is 0 Å².